The molecular weight excluding hydrogens is 330 g/mol. The minimum absolute atomic E-state index is 0.00794. The summed E-state index contributed by atoms with van der Waals surface area (Å²) in [5.41, 5.74) is 7.89. The molecule has 6 nitrogen and oxygen atoms in total. The molecule has 3 rings (SSSR count). The van der Waals surface area contributed by atoms with E-state index in [1.807, 2.05) is 36.4 Å². The lowest BCUT2D eigenvalue weighted by atomic mass is 9.83. The topological polar surface area (TPSA) is 98.2 Å². The minimum Gasteiger partial charge on any atom is -0.457 e. The first-order valence-electron chi connectivity index (χ1n) is 8.01. The molecule has 0 aliphatic carbocycles. The summed E-state index contributed by atoms with van der Waals surface area (Å²) in [5.74, 6) is -0.888. The third kappa shape index (κ3) is 3.42. The van der Waals surface area contributed by atoms with E-state index >= 15 is 0 Å². The van der Waals surface area contributed by atoms with Crippen molar-refractivity contribution in [2.24, 2.45) is 5.73 Å². The van der Waals surface area contributed by atoms with Crippen molar-refractivity contribution in [1.29, 1.82) is 5.26 Å². The molecule has 1 aromatic heterocycles. The third-order valence-corrected chi connectivity index (χ3v) is 4.08. The van der Waals surface area contributed by atoms with Gasteiger partial charge < -0.3 is 15.2 Å². The summed E-state index contributed by atoms with van der Waals surface area (Å²) in [6, 6.07) is 14.9. The van der Waals surface area contributed by atoms with Crippen molar-refractivity contribution in [3.8, 4) is 6.07 Å². The Morgan fingerprint density at radius 1 is 1.27 bits per heavy atom. The van der Waals surface area contributed by atoms with E-state index in [2.05, 4.69) is 4.98 Å². The van der Waals surface area contributed by atoms with Gasteiger partial charge in [0.25, 0.3) is 0 Å². The van der Waals surface area contributed by atoms with Crippen LogP contribution in [0, 0.1) is 11.3 Å². The van der Waals surface area contributed by atoms with Crippen molar-refractivity contribution in [2.75, 3.05) is 0 Å². The molecule has 1 aliphatic rings. The number of nitrogens with two attached hydrogens (primary N) is 1. The second kappa shape index (κ2) is 7.53. The first kappa shape index (κ1) is 17.2. The zero-order valence-electron chi connectivity index (χ0n) is 14.2. The molecule has 6 heteroatoms. The number of hydrogen-bond donors (Lipinski definition) is 1. The van der Waals surface area contributed by atoms with Crippen LogP contribution < -0.4 is 5.73 Å². The molecule has 0 fully saturated rings. The number of rotatable bonds is 4. The van der Waals surface area contributed by atoms with Gasteiger partial charge in [-0.25, -0.2) is 4.79 Å². The van der Waals surface area contributed by atoms with Crippen LogP contribution in [0.3, 0.4) is 0 Å². The highest BCUT2D eigenvalue weighted by Gasteiger charge is 2.36. The molecule has 0 saturated heterocycles. The van der Waals surface area contributed by atoms with Gasteiger partial charge in [0, 0.05) is 12.4 Å². The number of benzene rings is 1. The van der Waals surface area contributed by atoms with E-state index in [-0.39, 0.29) is 23.6 Å². The molecule has 130 valence electrons. The Morgan fingerprint density at radius 3 is 2.62 bits per heavy atom. The summed E-state index contributed by atoms with van der Waals surface area (Å²) < 4.78 is 10.9. The van der Waals surface area contributed by atoms with Gasteiger partial charge in [-0.3, -0.25) is 4.98 Å². The first-order valence-corrected chi connectivity index (χ1v) is 8.01. The molecule has 0 radical (unpaired) electrons. The molecule has 2 N–H and O–H groups in total. The average molecular weight is 347 g/mol. The number of carbonyl (C=O) groups is 1. The minimum atomic E-state index is -0.653. The highest BCUT2D eigenvalue weighted by Crippen LogP contribution is 2.39. The Kier molecular flexibility index (Phi) is 4.99. The fraction of sp³-hybridized carbons (Fsp3) is 0.150. The van der Waals surface area contributed by atoms with Gasteiger partial charge in [0.2, 0.25) is 5.88 Å². The fourth-order valence-corrected chi connectivity index (χ4v) is 2.84. The summed E-state index contributed by atoms with van der Waals surface area (Å²) in [7, 11) is 0. The zero-order valence-corrected chi connectivity index (χ0v) is 14.2. The number of carbonyl (C=O) groups excluding carboxylic acids is 1. The maximum atomic E-state index is 12.8. The van der Waals surface area contributed by atoms with Crippen LogP contribution in [0.5, 0.6) is 0 Å². The Labute approximate surface area is 151 Å². The van der Waals surface area contributed by atoms with Gasteiger partial charge in [-0.2, -0.15) is 5.26 Å². The van der Waals surface area contributed by atoms with Crippen LogP contribution >= 0.6 is 0 Å². The third-order valence-electron chi connectivity index (χ3n) is 4.08. The summed E-state index contributed by atoms with van der Waals surface area (Å²) in [4.78, 5) is 16.8. The quantitative estimate of drug-likeness (QED) is 0.854. The van der Waals surface area contributed by atoms with E-state index in [9.17, 15) is 10.1 Å². The number of nitrogens with zero attached hydrogens (tertiary/aromatic N) is 2. The second-order valence-electron chi connectivity index (χ2n) is 5.74. The van der Waals surface area contributed by atoms with Crippen molar-refractivity contribution in [2.45, 2.75) is 19.4 Å². The number of nitriles is 1. The molecule has 26 heavy (non-hydrogen) atoms. The Hall–Kier alpha value is -3.59. The van der Waals surface area contributed by atoms with Gasteiger partial charge in [0.05, 0.1) is 11.5 Å². The highest BCUT2D eigenvalue weighted by molar-refractivity contribution is 5.92. The van der Waals surface area contributed by atoms with E-state index < -0.39 is 11.9 Å². The van der Waals surface area contributed by atoms with Crippen LogP contribution in [0.2, 0.25) is 0 Å². The zero-order chi connectivity index (χ0) is 18.5. The lowest BCUT2D eigenvalue weighted by Gasteiger charge is -2.26. The lowest BCUT2D eigenvalue weighted by Crippen LogP contribution is -2.25. The maximum absolute atomic E-state index is 12.8. The summed E-state index contributed by atoms with van der Waals surface area (Å²) in [5, 5.41) is 9.53. The number of esters is 1. The van der Waals surface area contributed by atoms with Gasteiger partial charge in [-0.15, -0.1) is 0 Å². The van der Waals surface area contributed by atoms with Gasteiger partial charge in [-0.05, 0) is 30.2 Å². The van der Waals surface area contributed by atoms with Crippen molar-refractivity contribution in [3.63, 3.8) is 0 Å². The standard InChI is InChI=1S/C20H17N3O3/c1-13-17(20(24)25-12-14-5-3-2-4-6-14)18(15-7-9-23-10-8-15)16(11-21)19(22)26-13/h2-10,18H,12,22H2,1H3/t18-/m0/s1. The maximum Gasteiger partial charge on any atom is 0.338 e. The smallest absolute Gasteiger partial charge is 0.338 e. The van der Waals surface area contributed by atoms with Crippen molar-refractivity contribution < 1.29 is 14.3 Å². The molecule has 2 heterocycles. The van der Waals surface area contributed by atoms with Gasteiger partial charge in [-0.1, -0.05) is 30.3 Å². The van der Waals surface area contributed by atoms with Crippen LogP contribution in [0.1, 0.15) is 24.0 Å². The summed E-state index contributed by atoms with van der Waals surface area (Å²) in [6.45, 7) is 1.76. The molecule has 0 bridgehead atoms. The van der Waals surface area contributed by atoms with Crippen molar-refractivity contribution in [1.82, 2.24) is 4.98 Å². The van der Waals surface area contributed by atoms with Gasteiger partial charge in [0.1, 0.15) is 24.0 Å². The van der Waals surface area contributed by atoms with Crippen LogP contribution in [0.25, 0.3) is 0 Å². The fourth-order valence-electron chi connectivity index (χ4n) is 2.84. The summed E-state index contributed by atoms with van der Waals surface area (Å²) in [6.07, 6.45) is 3.19. The van der Waals surface area contributed by atoms with E-state index in [1.165, 1.54) is 0 Å². The molecule has 0 saturated carbocycles. The van der Waals surface area contributed by atoms with Crippen molar-refractivity contribution in [3.05, 3.63) is 88.8 Å². The molecule has 2 aromatic rings. The molecule has 0 unspecified atom stereocenters. The Bertz CT molecular complexity index is 912. The second-order valence-corrected chi connectivity index (χ2v) is 5.74. The van der Waals surface area contributed by atoms with Crippen LogP contribution in [-0.2, 0) is 20.9 Å². The SMILES string of the molecule is CC1=C(C(=O)OCc2ccccc2)[C@@H](c2ccncc2)C(C#N)=C(N)O1. The van der Waals surface area contributed by atoms with E-state index in [0.29, 0.717) is 11.3 Å². The monoisotopic (exact) mass is 347 g/mol. The summed E-state index contributed by atoms with van der Waals surface area (Å²) >= 11 is 0. The number of aromatic nitrogens is 1. The molecule has 0 spiro atoms. The number of hydrogen-bond acceptors (Lipinski definition) is 6. The normalized spacial score (nSPS) is 16.7. The largest absolute Gasteiger partial charge is 0.457 e. The number of allylic oxidation sites excluding steroid dienone is 2. The highest BCUT2D eigenvalue weighted by atomic mass is 16.5. The van der Waals surface area contributed by atoms with Crippen LogP contribution in [0.4, 0.5) is 0 Å². The lowest BCUT2D eigenvalue weighted by molar-refractivity contribution is -0.140. The van der Waals surface area contributed by atoms with E-state index in [0.717, 1.165) is 5.56 Å². The van der Waals surface area contributed by atoms with E-state index in [1.54, 1.807) is 31.5 Å². The number of pyridine rings is 1. The van der Waals surface area contributed by atoms with Crippen LogP contribution in [0.15, 0.2) is 77.6 Å². The molecule has 1 atom stereocenters. The average Bonchev–Trinajstić information content (AvgIpc) is 2.67. The predicted octanol–water partition coefficient (Wildman–Crippen LogP) is 2.91. The van der Waals surface area contributed by atoms with Crippen LogP contribution in [-0.4, -0.2) is 11.0 Å². The molecule has 1 aromatic carbocycles. The predicted molar refractivity (Wildman–Crippen MR) is 93.8 cm³/mol. The molecule has 0 amide bonds. The Balaban J connectivity index is 1.93. The van der Waals surface area contributed by atoms with E-state index in [4.69, 9.17) is 15.2 Å². The first-order chi connectivity index (χ1) is 12.6. The van der Waals surface area contributed by atoms with Gasteiger partial charge in [0.15, 0.2) is 0 Å². The molecular formula is C20H17N3O3. The Morgan fingerprint density at radius 2 is 1.96 bits per heavy atom. The van der Waals surface area contributed by atoms with Crippen molar-refractivity contribution >= 4 is 5.97 Å². The number of ether oxygens (including phenoxy) is 2. The molecule has 1 aliphatic heterocycles. The van der Waals surface area contributed by atoms with Gasteiger partial charge >= 0.3 is 5.97 Å².